The van der Waals surface area contributed by atoms with Gasteiger partial charge in [0.2, 0.25) is 0 Å². The quantitative estimate of drug-likeness (QED) is 0.513. The highest BCUT2D eigenvalue weighted by molar-refractivity contribution is 8.26. The van der Waals surface area contributed by atoms with E-state index in [1.54, 1.807) is 12.1 Å². The van der Waals surface area contributed by atoms with Crippen LogP contribution < -0.4 is 9.47 Å². The van der Waals surface area contributed by atoms with E-state index >= 15 is 0 Å². The van der Waals surface area contributed by atoms with Crippen molar-refractivity contribution >= 4 is 40.3 Å². The Labute approximate surface area is 164 Å². The number of carbonyl (C=O) groups excluding carboxylic acids is 1. The number of halogens is 2. The van der Waals surface area contributed by atoms with Crippen LogP contribution in [0.1, 0.15) is 11.1 Å². The monoisotopic (exact) mass is 407 g/mol. The van der Waals surface area contributed by atoms with Crippen LogP contribution in [0.5, 0.6) is 11.5 Å². The standard InChI is InChI=1S/C19H15F2NO3S2/c1-24-15-9-13(7-8-14(15)25-18(20)21)10-16-17(23)22(19(26)27-16)11-12-5-3-2-4-6-12/h2-10,18H,11H2,1H3/b16-10-. The molecular formula is C19H15F2NO3S2. The molecule has 27 heavy (non-hydrogen) atoms. The Kier molecular flexibility index (Phi) is 6.08. The summed E-state index contributed by atoms with van der Waals surface area (Å²) in [4.78, 5) is 14.7. The summed E-state index contributed by atoms with van der Waals surface area (Å²) in [7, 11) is 1.36. The molecule has 1 heterocycles. The molecule has 0 spiro atoms. The molecule has 0 saturated carbocycles. The molecule has 1 amide bonds. The lowest BCUT2D eigenvalue weighted by atomic mass is 10.1. The van der Waals surface area contributed by atoms with Crippen molar-refractivity contribution in [2.24, 2.45) is 0 Å². The summed E-state index contributed by atoms with van der Waals surface area (Å²) in [6.07, 6.45) is 1.65. The number of thiocarbonyl (C=S) groups is 1. The van der Waals surface area contributed by atoms with E-state index in [1.165, 1.54) is 35.9 Å². The van der Waals surface area contributed by atoms with Gasteiger partial charge in [-0.25, -0.2) is 0 Å². The SMILES string of the molecule is COc1cc(/C=C2\SC(=S)N(Cc3ccccc3)C2=O)ccc1OC(F)F. The largest absolute Gasteiger partial charge is 0.493 e. The van der Waals surface area contributed by atoms with Crippen LogP contribution >= 0.6 is 24.0 Å². The number of hydrogen-bond acceptors (Lipinski definition) is 5. The van der Waals surface area contributed by atoms with Gasteiger partial charge in [-0.3, -0.25) is 9.69 Å². The molecule has 0 aromatic heterocycles. The molecule has 1 saturated heterocycles. The maximum Gasteiger partial charge on any atom is 0.387 e. The summed E-state index contributed by atoms with van der Waals surface area (Å²) in [5.41, 5.74) is 1.60. The van der Waals surface area contributed by atoms with Gasteiger partial charge in [0.1, 0.15) is 4.32 Å². The molecule has 1 fully saturated rings. The molecule has 0 unspecified atom stereocenters. The third-order valence-electron chi connectivity index (χ3n) is 3.76. The lowest BCUT2D eigenvalue weighted by Crippen LogP contribution is -2.27. The zero-order valence-corrected chi connectivity index (χ0v) is 15.9. The minimum Gasteiger partial charge on any atom is -0.493 e. The first-order chi connectivity index (χ1) is 13.0. The second-order valence-electron chi connectivity index (χ2n) is 5.54. The molecule has 3 rings (SSSR count). The average molecular weight is 407 g/mol. The average Bonchev–Trinajstić information content (AvgIpc) is 2.91. The molecule has 0 radical (unpaired) electrons. The number of ether oxygens (including phenoxy) is 2. The zero-order chi connectivity index (χ0) is 19.4. The number of nitrogens with zero attached hydrogens (tertiary/aromatic N) is 1. The summed E-state index contributed by atoms with van der Waals surface area (Å²) >= 11 is 6.53. The van der Waals surface area contributed by atoms with Crippen molar-refractivity contribution in [2.75, 3.05) is 7.11 Å². The Morgan fingerprint density at radius 1 is 1.19 bits per heavy atom. The van der Waals surface area contributed by atoms with E-state index < -0.39 is 6.61 Å². The van der Waals surface area contributed by atoms with Crippen molar-refractivity contribution < 1.29 is 23.0 Å². The molecule has 0 bridgehead atoms. The molecule has 2 aromatic rings. The van der Waals surface area contributed by atoms with Gasteiger partial charge >= 0.3 is 6.61 Å². The predicted molar refractivity (Wildman–Crippen MR) is 105 cm³/mol. The summed E-state index contributed by atoms with van der Waals surface area (Å²) in [6.45, 7) is -2.55. The third kappa shape index (κ3) is 4.64. The molecule has 0 N–H and O–H groups in total. The van der Waals surface area contributed by atoms with Gasteiger partial charge in [0.25, 0.3) is 5.91 Å². The highest BCUT2D eigenvalue weighted by Gasteiger charge is 2.32. The van der Waals surface area contributed by atoms with Crippen LogP contribution in [0.4, 0.5) is 8.78 Å². The van der Waals surface area contributed by atoms with Gasteiger partial charge in [0.15, 0.2) is 11.5 Å². The molecule has 0 atom stereocenters. The molecule has 4 nitrogen and oxygen atoms in total. The van der Waals surface area contributed by atoms with Crippen LogP contribution in [0.3, 0.4) is 0 Å². The van der Waals surface area contributed by atoms with Gasteiger partial charge in [-0.15, -0.1) is 0 Å². The van der Waals surface area contributed by atoms with Crippen molar-refractivity contribution in [3.8, 4) is 11.5 Å². The minimum atomic E-state index is -2.95. The van der Waals surface area contributed by atoms with Gasteiger partial charge in [-0.1, -0.05) is 60.4 Å². The van der Waals surface area contributed by atoms with Gasteiger partial charge in [0, 0.05) is 0 Å². The molecule has 1 aliphatic rings. The van der Waals surface area contributed by atoms with Gasteiger partial charge < -0.3 is 9.47 Å². The van der Waals surface area contributed by atoms with Gasteiger partial charge in [-0.05, 0) is 29.3 Å². The molecular weight excluding hydrogens is 392 g/mol. The maximum atomic E-state index is 12.7. The fourth-order valence-electron chi connectivity index (χ4n) is 2.52. The molecule has 0 aliphatic carbocycles. The second-order valence-corrected chi connectivity index (χ2v) is 7.22. The van der Waals surface area contributed by atoms with Crippen LogP contribution in [0.2, 0.25) is 0 Å². The van der Waals surface area contributed by atoms with Crippen molar-refractivity contribution in [1.82, 2.24) is 4.90 Å². The van der Waals surface area contributed by atoms with Gasteiger partial charge in [0.05, 0.1) is 18.6 Å². The van der Waals surface area contributed by atoms with Crippen LogP contribution in [-0.2, 0) is 11.3 Å². The van der Waals surface area contributed by atoms with E-state index in [-0.39, 0.29) is 17.4 Å². The van der Waals surface area contributed by atoms with Crippen molar-refractivity contribution in [2.45, 2.75) is 13.2 Å². The first kappa shape index (κ1) is 19.3. The summed E-state index contributed by atoms with van der Waals surface area (Å²) < 4.78 is 34.8. The number of hydrogen-bond donors (Lipinski definition) is 0. The molecule has 2 aromatic carbocycles. The number of methoxy groups -OCH3 is 1. The van der Waals surface area contributed by atoms with Crippen LogP contribution in [0, 0.1) is 0 Å². The Bertz CT molecular complexity index is 888. The zero-order valence-electron chi connectivity index (χ0n) is 14.2. The number of carbonyl (C=O) groups is 1. The number of rotatable bonds is 6. The lowest BCUT2D eigenvalue weighted by Gasteiger charge is -2.14. The summed E-state index contributed by atoms with van der Waals surface area (Å²) in [5.74, 6) is -0.106. The number of alkyl halides is 2. The Morgan fingerprint density at radius 2 is 1.93 bits per heavy atom. The van der Waals surface area contributed by atoms with Crippen molar-refractivity contribution in [1.29, 1.82) is 0 Å². The summed E-state index contributed by atoms with van der Waals surface area (Å²) in [5, 5.41) is 0. The molecule has 1 aliphatic heterocycles. The number of amides is 1. The molecule has 8 heteroatoms. The Balaban J connectivity index is 1.81. The second kappa shape index (κ2) is 8.49. The first-order valence-electron chi connectivity index (χ1n) is 7.90. The Morgan fingerprint density at radius 3 is 2.59 bits per heavy atom. The minimum absolute atomic E-state index is 0.0683. The third-order valence-corrected chi connectivity index (χ3v) is 5.14. The maximum absolute atomic E-state index is 12.7. The van der Waals surface area contributed by atoms with Crippen molar-refractivity contribution in [3.63, 3.8) is 0 Å². The van der Waals surface area contributed by atoms with E-state index in [0.29, 0.717) is 21.3 Å². The summed E-state index contributed by atoms with van der Waals surface area (Å²) in [6, 6.07) is 14.0. The van der Waals surface area contributed by atoms with E-state index in [4.69, 9.17) is 17.0 Å². The lowest BCUT2D eigenvalue weighted by molar-refractivity contribution is -0.122. The predicted octanol–water partition coefficient (Wildman–Crippen LogP) is 4.70. The smallest absolute Gasteiger partial charge is 0.387 e. The van der Waals surface area contributed by atoms with Crippen LogP contribution in [0.15, 0.2) is 53.4 Å². The van der Waals surface area contributed by atoms with Crippen LogP contribution in [-0.4, -0.2) is 28.8 Å². The number of thioether (sulfide) groups is 1. The highest BCUT2D eigenvalue weighted by atomic mass is 32.2. The normalized spacial score (nSPS) is 15.7. The van der Waals surface area contributed by atoms with Gasteiger partial charge in [-0.2, -0.15) is 8.78 Å². The fraction of sp³-hybridized carbons (Fsp3) is 0.158. The topological polar surface area (TPSA) is 38.8 Å². The Hall–Kier alpha value is -2.45. The van der Waals surface area contributed by atoms with Crippen LogP contribution in [0.25, 0.3) is 6.08 Å². The number of benzene rings is 2. The van der Waals surface area contributed by atoms with E-state index in [1.807, 2.05) is 30.3 Å². The van der Waals surface area contributed by atoms with E-state index in [9.17, 15) is 13.6 Å². The van der Waals surface area contributed by atoms with E-state index in [2.05, 4.69) is 4.74 Å². The fourth-order valence-corrected chi connectivity index (χ4v) is 3.78. The first-order valence-corrected chi connectivity index (χ1v) is 9.12. The highest BCUT2D eigenvalue weighted by Crippen LogP contribution is 2.35. The van der Waals surface area contributed by atoms with Crippen molar-refractivity contribution in [3.05, 3.63) is 64.6 Å². The molecule has 140 valence electrons. The van der Waals surface area contributed by atoms with E-state index in [0.717, 1.165) is 5.56 Å².